The van der Waals surface area contributed by atoms with Crippen molar-refractivity contribution in [1.29, 1.82) is 0 Å². The minimum Gasteiger partial charge on any atom is -0.497 e. The molecule has 0 atom stereocenters. The van der Waals surface area contributed by atoms with Gasteiger partial charge in [-0.25, -0.2) is 4.98 Å². The van der Waals surface area contributed by atoms with E-state index in [-0.39, 0.29) is 23.4 Å². The van der Waals surface area contributed by atoms with Gasteiger partial charge in [-0.05, 0) is 30.3 Å². The number of methoxy groups -OCH3 is 1. The topological polar surface area (TPSA) is 103 Å². The van der Waals surface area contributed by atoms with Gasteiger partial charge in [0.25, 0.3) is 17.5 Å². The van der Waals surface area contributed by atoms with E-state index in [1.807, 2.05) is 24.3 Å². The number of nitrogens with zero attached hydrogens (tertiary/aromatic N) is 3. The average Bonchev–Trinajstić information content (AvgIpc) is 3.27. The second-order valence-corrected chi connectivity index (χ2v) is 6.88. The smallest absolute Gasteiger partial charge is 0.282 e. The van der Waals surface area contributed by atoms with E-state index in [1.165, 1.54) is 29.5 Å². The molecule has 9 heteroatoms. The highest BCUT2D eigenvalue weighted by molar-refractivity contribution is 7.13. The quantitative estimate of drug-likeness (QED) is 0.372. The molecule has 1 aliphatic rings. The second kappa shape index (κ2) is 6.86. The maximum Gasteiger partial charge on any atom is 0.282 e. The highest BCUT2D eigenvalue weighted by atomic mass is 32.1. The molecule has 28 heavy (non-hydrogen) atoms. The number of carbonyl (C=O) groups excluding carboxylic acids is 2. The van der Waals surface area contributed by atoms with E-state index in [4.69, 9.17) is 4.74 Å². The Balaban J connectivity index is 1.59. The molecular formula is C19H13N3O5S. The summed E-state index contributed by atoms with van der Waals surface area (Å²) in [6.07, 6.45) is 0. The number of ether oxygens (including phenoxy) is 1. The molecule has 0 aliphatic carbocycles. The lowest BCUT2D eigenvalue weighted by Gasteiger charge is -2.11. The summed E-state index contributed by atoms with van der Waals surface area (Å²) in [4.78, 5) is 41.2. The first-order chi connectivity index (χ1) is 13.5. The number of rotatable bonds is 5. The molecular weight excluding hydrogens is 382 g/mol. The Morgan fingerprint density at radius 2 is 1.89 bits per heavy atom. The first-order valence-electron chi connectivity index (χ1n) is 8.22. The van der Waals surface area contributed by atoms with Crippen molar-refractivity contribution in [2.75, 3.05) is 7.11 Å². The van der Waals surface area contributed by atoms with E-state index in [9.17, 15) is 19.7 Å². The van der Waals surface area contributed by atoms with Crippen molar-refractivity contribution in [2.24, 2.45) is 0 Å². The molecule has 0 saturated heterocycles. The zero-order valence-corrected chi connectivity index (χ0v) is 15.4. The van der Waals surface area contributed by atoms with Crippen LogP contribution in [0.5, 0.6) is 5.75 Å². The minimum absolute atomic E-state index is 0.0455. The molecule has 2 aromatic carbocycles. The van der Waals surface area contributed by atoms with E-state index in [0.717, 1.165) is 21.2 Å². The zero-order valence-electron chi connectivity index (χ0n) is 14.6. The van der Waals surface area contributed by atoms with Crippen LogP contribution in [-0.4, -0.2) is 33.7 Å². The first kappa shape index (κ1) is 17.8. The first-order valence-corrected chi connectivity index (χ1v) is 9.10. The summed E-state index contributed by atoms with van der Waals surface area (Å²) in [5, 5.41) is 13.7. The van der Waals surface area contributed by atoms with E-state index < -0.39 is 16.7 Å². The Kier molecular flexibility index (Phi) is 4.36. The number of aromatic nitrogens is 1. The monoisotopic (exact) mass is 395 g/mol. The van der Waals surface area contributed by atoms with Gasteiger partial charge in [-0.3, -0.25) is 24.6 Å². The number of nitro groups is 1. The number of amides is 2. The predicted molar refractivity (Wildman–Crippen MR) is 101 cm³/mol. The average molecular weight is 395 g/mol. The van der Waals surface area contributed by atoms with Gasteiger partial charge in [-0.2, -0.15) is 0 Å². The number of fused-ring (bicyclic) bond motifs is 1. The summed E-state index contributed by atoms with van der Waals surface area (Å²) >= 11 is 1.38. The van der Waals surface area contributed by atoms with Crippen LogP contribution in [0.3, 0.4) is 0 Å². The predicted octanol–water partition coefficient (Wildman–Crippen LogP) is 3.52. The molecule has 1 aliphatic heterocycles. The molecule has 0 unspecified atom stereocenters. The number of hydrogen-bond donors (Lipinski definition) is 0. The maximum atomic E-state index is 12.6. The van der Waals surface area contributed by atoms with Crippen molar-refractivity contribution >= 4 is 28.8 Å². The van der Waals surface area contributed by atoms with Crippen LogP contribution in [-0.2, 0) is 6.54 Å². The fourth-order valence-electron chi connectivity index (χ4n) is 3.02. The summed E-state index contributed by atoms with van der Waals surface area (Å²) < 4.78 is 5.13. The van der Waals surface area contributed by atoms with Gasteiger partial charge < -0.3 is 4.74 Å². The van der Waals surface area contributed by atoms with E-state index in [1.54, 1.807) is 12.5 Å². The van der Waals surface area contributed by atoms with Crippen LogP contribution in [0.15, 0.2) is 47.8 Å². The summed E-state index contributed by atoms with van der Waals surface area (Å²) in [7, 11) is 1.59. The van der Waals surface area contributed by atoms with Crippen LogP contribution >= 0.6 is 11.3 Å². The van der Waals surface area contributed by atoms with Gasteiger partial charge in [-0.15, -0.1) is 11.3 Å². The van der Waals surface area contributed by atoms with Gasteiger partial charge in [-0.1, -0.05) is 6.07 Å². The van der Waals surface area contributed by atoms with Crippen molar-refractivity contribution in [1.82, 2.24) is 9.88 Å². The van der Waals surface area contributed by atoms with Crippen LogP contribution in [0, 0.1) is 10.1 Å². The number of hydrogen-bond acceptors (Lipinski definition) is 7. The zero-order chi connectivity index (χ0) is 19.8. The third-order valence-corrected chi connectivity index (χ3v) is 5.32. The Morgan fingerprint density at radius 1 is 1.14 bits per heavy atom. The lowest BCUT2D eigenvalue weighted by atomic mass is 10.1. The molecule has 4 rings (SSSR count). The van der Waals surface area contributed by atoms with Crippen molar-refractivity contribution in [3.8, 4) is 16.3 Å². The lowest BCUT2D eigenvalue weighted by Crippen LogP contribution is -2.29. The van der Waals surface area contributed by atoms with E-state index >= 15 is 0 Å². The molecule has 2 amide bonds. The van der Waals surface area contributed by atoms with Gasteiger partial charge in [0.15, 0.2) is 0 Å². The van der Waals surface area contributed by atoms with Crippen molar-refractivity contribution in [3.63, 3.8) is 0 Å². The van der Waals surface area contributed by atoms with Crippen molar-refractivity contribution in [3.05, 3.63) is 74.8 Å². The molecule has 0 saturated carbocycles. The molecule has 8 nitrogen and oxygen atoms in total. The largest absolute Gasteiger partial charge is 0.497 e. The maximum absolute atomic E-state index is 12.6. The van der Waals surface area contributed by atoms with Crippen molar-refractivity contribution < 1.29 is 19.2 Å². The molecule has 1 aromatic heterocycles. The summed E-state index contributed by atoms with van der Waals surface area (Å²) in [6.45, 7) is -0.0455. The molecule has 0 spiro atoms. The normalized spacial score (nSPS) is 13.0. The SMILES string of the molecule is COc1ccc(-c2nc(CN3C(=O)c4cccc([N+](=O)[O-])c4C3=O)cs2)cc1. The number of imide groups is 1. The van der Waals surface area contributed by atoms with Crippen LogP contribution in [0.2, 0.25) is 0 Å². The third kappa shape index (κ3) is 2.91. The molecule has 140 valence electrons. The minimum atomic E-state index is -0.675. The van der Waals surface area contributed by atoms with Gasteiger partial charge in [0, 0.05) is 17.0 Å². The molecule has 0 bridgehead atoms. The Labute approximate surface area is 163 Å². The Morgan fingerprint density at radius 3 is 2.57 bits per heavy atom. The molecule has 0 radical (unpaired) electrons. The van der Waals surface area contributed by atoms with Gasteiger partial charge in [0.05, 0.1) is 29.8 Å². The van der Waals surface area contributed by atoms with Gasteiger partial charge >= 0.3 is 0 Å². The van der Waals surface area contributed by atoms with E-state index in [0.29, 0.717) is 5.69 Å². The second-order valence-electron chi connectivity index (χ2n) is 6.03. The number of thiazole rings is 1. The summed E-state index contributed by atoms with van der Waals surface area (Å²) in [6, 6.07) is 11.4. The Bertz CT molecular complexity index is 1110. The number of nitro benzene ring substituents is 1. The number of carbonyl (C=O) groups is 2. The standard InChI is InChI=1S/C19H13N3O5S/c1-27-13-7-5-11(6-8-13)17-20-12(10-28-17)9-21-18(23)14-3-2-4-15(22(25)26)16(14)19(21)24/h2-8,10H,9H2,1H3. The summed E-state index contributed by atoms with van der Waals surface area (Å²) in [5.41, 5.74) is 0.937. The number of benzene rings is 2. The fraction of sp³-hybridized carbons (Fsp3) is 0.105. The van der Waals surface area contributed by atoms with Crippen LogP contribution in [0.1, 0.15) is 26.4 Å². The lowest BCUT2D eigenvalue weighted by molar-refractivity contribution is -0.385. The molecule has 2 heterocycles. The molecule has 0 N–H and O–H groups in total. The highest BCUT2D eigenvalue weighted by Gasteiger charge is 2.41. The molecule has 3 aromatic rings. The van der Waals surface area contributed by atoms with Gasteiger partial charge in [0.2, 0.25) is 0 Å². The van der Waals surface area contributed by atoms with E-state index in [2.05, 4.69) is 4.98 Å². The van der Waals surface area contributed by atoms with Crippen molar-refractivity contribution in [2.45, 2.75) is 6.54 Å². The van der Waals surface area contributed by atoms with Crippen LogP contribution in [0.25, 0.3) is 10.6 Å². The van der Waals surface area contributed by atoms with Crippen LogP contribution < -0.4 is 4.74 Å². The Hall–Kier alpha value is -3.59. The molecule has 0 fully saturated rings. The van der Waals surface area contributed by atoms with Crippen LogP contribution in [0.4, 0.5) is 5.69 Å². The third-order valence-electron chi connectivity index (χ3n) is 4.38. The van der Waals surface area contributed by atoms with Gasteiger partial charge in [0.1, 0.15) is 16.3 Å². The highest BCUT2D eigenvalue weighted by Crippen LogP contribution is 2.32. The fourth-order valence-corrected chi connectivity index (χ4v) is 3.84. The summed E-state index contributed by atoms with van der Waals surface area (Å²) in [5.74, 6) is -0.498.